The predicted molar refractivity (Wildman–Crippen MR) is 103 cm³/mol. The molecule has 6 nitrogen and oxygen atoms in total. The standard InChI is InChI=1S/C18H15FN4O2S2/c19-13-2-1-3-14(8-13)21-17-22-23-18(27-17)26-11-15(24)10-25-16-6-4-12(9-20)5-7-16/h1-8,15,24H,10-11H2,(H,21,22). The lowest BCUT2D eigenvalue weighted by Gasteiger charge is -2.11. The Hall–Kier alpha value is -2.67. The van der Waals surface area contributed by atoms with E-state index in [1.807, 2.05) is 6.07 Å². The van der Waals surface area contributed by atoms with Crippen LogP contribution in [-0.4, -0.2) is 33.8 Å². The topological polar surface area (TPSA) is 91.1 Å². The Labute approximate surface area is 163 Å². The molecule has 9 heteroatoms. The number of halogens is 1. The summed E-state index contributed by atoms with van der Waals surface area (Å²) in [4.78, 5) is 0. The lowest BCUT2D eigenvalue weighted by molar-refractivity contribution is 0.126. The van der Waals surface area contributed by atoms with Gasteiger partial charge in [-0.15, -0.1) is 10.2 Å². The highest BCUT2D eigenvalue weighted by molar-refractivity contribution is 8.01. The molecule has 1 heterocycles. The van der Waals surface area contributed by atoms with Crippen LogP contribution in [0.3, 0.4) is 0 Å². The Morgan fingerprint density at radius 3 is 2.81 bits per heavy atom. The average molecular weight is 402 g/mol. The minimum absolute atomic E-state index is 0.131. The van der Waals surface area contributed by atoms with Gasteiger partial charge in [-0.3, -0.25) is 0 Å². The molecule has 1 atom stereocenters. The van der Waals surface area contributed by atoms with Gasteiger partial charge in [0.25, 0.3) is 0 Å². The molecule has 0 aliphatic rings. The molecule has 0 radical (unpaired) electrons. The Bertz CT molecular complexity index is 928. The lowest BCUT2D eigenvalue weighted by atomic mass is 10.2. The van der Waals surface area contributed by atoms with Crippen molar-refractivity contribution in [3.8, 4) is 11.8 Å². The fraction of sp³-hybridized carbons (Fsp3) is 0.167. The molecule has 2 aromatic carbocycles. The predicted octanol–water partition coefficient (Wildman–Crippen LogP) is 3.82. The van der Waals surface area contributed by atoms with Gasteiger partial charge in [0.1, 0.15) is 18.2 Å². The van der Waals surface area contributed by atoms with Crippen LogP contribution in [0.15, 0.2) is 52.9 Å². The summed E-state index contributed by atoms with van der Waals surface area (Å²) < 4.78 is 19.4. The zero-order chi connectivity index (χ0) is 19.1. The minimum Gasteiger partial charge on any atom is -0.491 e. The van der Waals surface area contributed by atoms with Gasteiger partial charge in [-0.1, -0.05) is 29.2 Å². The van der Waals surface area contributed by atoms with Crippen LogP contribution in [0, 0.1) is 17.1 Å². The molecule has 0 amide bonds. The van der Waals surface area contributed by atoms with E-state index >= 15 is 0 Å². The monoisotopic (exact) mass is 402 g/mol. The molecule has 3 rings (SSSR count). The maximum Gasteiger partial charge on any atom is 0.210 e. The summed E-state index contributed by atoms with van der Waals surface area (Å²) in [7, 11) is 0. The molecular formula is C18H15FN4O2S2. The van der Waals surface area contributed by atoms with Gasteiger partial charge in [0.15, 0.2) is 4.34 Å². The summed E-state index contributed by atoms with van der Waals surface area (Å²) >= 11 is 2.68. The summed E-state index contributed by atoms with van der Waals surface area (Å²) in [6, 6.07) is 14.8. The summed E-state index contributed by atoms with van der Waals surface area (Å²) in [5.41, 5.74) is 1.15. The normalized spacial score (nSPS) is 11.6. The first-order chi connectivity index (χ1) is 13.1. The van der Waals surface area contributed by atoms with Crippen molar-refractivity contribution in [2.75, 3.05) is 17.7 Å². The van der Waals surface area contributed by atoms with Crippen LogP contribution in [-0.2, 0) is 0 Å². The highest BCUT2D eigenvalue weighted by Gasteiger charge is 2.10. The van der Waals surface area contributed by atoms with Crippen molar-refractivity contribution in [2.24, 2.45) is 0 Å². The number of hydrogen-bond donors (Lipinski definition) is 2. The molecule has 138 valence electrons. The van der Waals surface area contributed by atoms with Crippen LogP contribution < -0.4 is 10.1 Å². The summed E-state index contributed by atoms with van der Waals surface area (Å²) in [5, 5.41) is 30.4. The van der Waals surface area contributed by atoms with Crippen molar-refractivity contribution in [3.05, 3.63) is 59.9 Å². The number of aromatic nitrogens is 2. The molecule has 0 spiro atoms. The smallest absolute Gasteiger partial charge is 0.210 e. The van der Waals surface area contributed by atoms with Gasteiger partial charge in [-0.2, -0.15) is 5.26 Å². The van der Waals surface area contributed by atoms with Crippen LogP contribution in [0.4, 0.5) is 15.2 Å². The number of ether oxygens (including phenoxy) is 1. The summed E-state index contributed by atoms with van der Waals surface area (Å²) in [6.45, 7) is 0.131. The second-order valence-corrected chi connectivity index (χ2v) is 7.67. The van der Waals surface area contributed by atoms with Crippen molar-refractivity contribution in [2.45, 2.75) is 10.4 Å². The third kappa shape index (κ3) is 5.92. The minimum atomic E-state index is -0.686. The van der Waals surface area contributed by atoms with Crippen LogP contribution in [0.25, 0.3) is 0 Å². The maximum atomic E-state index is 13.2. The molecule has 27 heavy (non-hydrogen) atoms. The zero-order valence-corrected chi connectivity index (χ0v) is 15.6. The molecule has 0 saturated heterocycles. The van der Waals surface area contributed by atoms with E-state index in [-0.39, 0.29) is 12.4 Å². The first-order valence-electron chi connectivity index (χ1n) is 7.92. The molecular weight excluding hydrogens is 387 g/mol. The van der Waals surface area contributed by atoms with Crippen molar-refractivity contribution in [1.82, 2.24) is 10.2 Å². The molecule has 1 unspecified atom stereocenters. The third-order valence-electron chi connectivity index (χ3n) is 3.31. The number of benzene rings is 2. The Balaban J connectivity index is 1.44. The van der Waals surface area contributed by atoms with E-state index in [0.717, 1.165) is 0 Å². The van der Waals surface area contributed by atoms with Crippen LogP contribution in [0.1, 0.15) is 5.56 Å². The van der Waals surface area contributed by atoms with Gasteiger partial charge in [-0.25, -0.2) is 4.39 Å². The van der Waals surface area contributed by atoms with E-state index in [4.69, 9.17) is 10.00 Å². The Morgan fingerprint density at radius 2 is 2.07 bits per heavy atom. The van der Waals surface area contributed by atoms with Gasteiger partial charge < -0.3 is 15.2 Å². The highest BCUT2D eigenvalue weighted by atomic mass is 32.2. The summed E-state index contributed by atoms with van der Waals surface area (Å²) in [6.07, 6.45) is -0.686. The van der Waals surface area contributed by atoms with Gasteiger partial charge in [0, 0.05) is 11.4 Å². The van der Waals surface area contributed by atoms with Crippen molar-refractivity contribution in [1.29, 1.82) is 5.26 Å². The SMILES string of the molecule is N#Cc1ccc(OCC(O)CSc2nnc(Nc3cccc(F)c3)s2)cc1. The fourth-order valence-corrected chi connectivity index (χ4v) is 3.75. The first-order valence-corrected chi connectivity index (χ1v) is 9.72. The van der Waals surface area contributed by atoms with Crippen molar-refractivity contribution < 1.29 is 14.2 Å². The maximum absolute atomic E-state index is 13.2. The van der Waals surface area contributed by atoms with Crippen LogP contribution >= 0.6 is 23.1 Å². The number of nitriles is 1. The van der Waals surface area contributed by atoms with Gasteiger partial charge in [-0.05, 0) is 42.5 Å². The van der Waals surface area contributed by atoms with Gasteiger partial charge in [0.05, 0.1) is 17.7 Å². The molecule has 3 aromatic rings. The number of rotatable bonds is 8. The number of thioether (sulfide) groups is 1. The van der Waals surface area contributed by atoms with E-state index < -0.39 is 6.10 Å². The highest BCUT2D eigenvalue weighted by Crippen LogP contribution is 2.28. The van der Waals surface area contributed by atoms with E-state index in [1.165, 1.54) is 35.2 Å². The quantitative estimate of drug-likeness (QED) is 0.553. The van der Waals surface area contributed by atoms with Crippen LogP contribution in [0.5, 0.6) is 5.75 Å². The second-order valence-electron chi connectivity index (χ2n) is 5.42. The first kappa shape index (κ1) is 19.1. The Kier molecular flexibility index (Phi) is 6.59. The van der Waals surface area contributed by atoms with E-state index in [9.17, 15) is 9.50 Å². The van der Waals surface area contributed by atoms with Crippen LogP contribution in [0.2, 0.25) is 0 Å². The van der Waals surface area contributed by atoms with E-state index in [2.05, 4.69) is 15.5 Å². The molecule has 0 aliphatic carbocycles. The lowest BCUT2D eigenvalue weighted by Crippen LogP contribution is -2.20. The van der Waals surface area contributed by atoms with Gasteiger partial charge in [0.2, 0.25) is 5.13 Å². The number of anilines is 2. The molecule has 1 aromatic heterocycles. The van der Waals surface area contributed by atoms with Crippen molar-refractivity contribution in [3.63, 3.8) is 0 Å². The van der Waals surface area contributed by atoms with E-state index in [0.29, 0.717) is 32.2 Å². The number of hydrogen-bond acceptors (Lipinski definition) is 8. The number of aliphatic hydroxyl groups excluding tert-OH is 1. The number of aliphatic hydroxyl groups is 1. The largest absolute Gasteiger partial charge is 0.491 e. The van der Waals surface area contributed by atoms with Crippen molar-refractivity contribution >= 4 is 33.9 Å². The zero-order valence-electron chi connectivity index (χ0n) is 14.0. The molecule has 0 aliphatic heterocycles. The van der Waals surface area contributed by atoms with E-state index in [1.54, 1.807) is 36.4 Å². The molecule has 0 fully saturated rings. The molecule has 0 bridgehead atoms. The number of nitrogens with one attached hydrogen (secondary N) is 1. The average Bonchev–Trinajstić information content (AvgIpc) is 3.12. The molecule has 0 saturated carbocycles. The fourth-order valence-electron chi connectivity index (χ4n) is 2.04. The van der Waals surface area contributed by atoms with Gasteiger partial charge >= 0.3 is 0 Å². The number of nitrogens with zero attached hydrogens (tertiary/aromatic N) is 3. The Morgan fingerprint density at radius 1 is 1.26 bits per heavy atom. The summed E-state index contributed by atoms with van der Waals surface area (Å²) in [5.74, 6) is 0.658. The third-order valence-corrected chi connectivity index (χ3v) is 5.42. The second kappa shape index (κ2) is 9.32. The molecule has 2 N–H and O–H groups in total.